The summed E-state index contributed by atoms with van der Waals surface area (Å²) in [5, 5.41) is 3.15. The first kappa shape index (κ1) is 11.7. The number of primary amides is 1. The van der Waals surface area contributed by atoms with Crippen LogP contribution in [-0.4, -0.2) is 5.91 Å². The van der Waals surface area contributed by atoms with Crippen LogP contribution < -0.4 is 11.1 Å². The zero-order chi connectivity index (χ0) is 12.3. The Bertz CT molecular complexity index is 537. The third-order valence-corrected chi connectivity index (χ3v) is 3.00. The monoisotopic (exact) mass is 294 g/mol. The van der Waals surface area contributed by atoms with E-state index in [1.165, 1.54) is 0 Å². The van der Waals surface area contributed by atoms with Crippen LogP contribution in [0.3, 0.4) is 0 Å². The highest BCUT2D eigenvalue weighted by Crippen LogP contribution is 2.19. The van der Waals surface area contributed by atoms with E-state index < -0.39 is 5.91 Å². The van der Waals surface area contributed by atoms with Gasteiger partial charge in [0.15, 0.2) is 0 Å². The van der Waals surface area contributed by atoms with Crippen molar-refractivity contribution in [1.29, 1.82) is 0 Å². The topological polar surface area (TPSA) is 68.3 Å². The lowest BCUT2D eigenvalue weighted by molar-refractivity contribution is 0.100. The van der Waals surface area contributed by atoms with Gasteiger partial charge in [-0.2, -0.15) is 0 Å². The summed E-state index contributed by atoms with van der Waals surface area (Å²) in [7, 11) is 0. The van der Waals surface area contributed by atoms with E-state index in [-0.39, 0.29) is 0 Å². The zero-order valence-electron chi connectivity index (χ0n) is 8.94. The summed E-state index contributed by atoms with van der Waals surface area (Å²) in [4.78, 5) is 11.0. The fourth-order valence-corrected chi connectivity index (χ4v) is 1.76. The number of carbonyl (C=O) groups is 1. The first-order valence-corrected chi connectivity index (χ1v) is 5.82. The van der Waals surface area contributed by atoms with Crippen molar-refractivity contribution in [2.24, 2.45) is 5.73 Å². The number of halogens is 1. The number of rotatable bonds is 4. The minimum Gasteiger partial charge on any atom is -0.466 e. The quantitative estimate of drug-likeness (QED) is 0.911. The van der Waals surface area contributed by atoms with Crippen LogP contribution in [-0.2, 0) is 6.54 Å². The molecule has 1 amide bonds. The van der Waals surface area contributed by atoms with E-state index in [2.05, 4.69) is 21.2 Å². The van der Waals surface area contributed by atoms with Crippen LogP contribution in [0, 0.1) is 0 Å². The van der Waals surface area contributed by atoms with E-state index in [9.17, 15) is 4.79 Å². The summed E-state index contributed by atoms with van der Waals surface area (Å²) in [6.45, 7) is 0.537. The highest BCUT2D eigenvalue weighted by Gasteiger charge is 2.04. The van der Waals surface area contributed by atoms with Crippen molar-refractivity contribution in [3.63, 3.8) is 0 Å². The number of hydrogen-bond donors (Lipinski definition) is 2. The van der Waals surface area contributed by atoms with Crippen LogP contribution in [0.1, 0.15) is 16.1 Å². The maximum Gasteiger partial charge on any atom is 0.248 e. The largest absolute Gasteiger partial charge is 0.466 e. The molecule has 0 fully saturated rings. The summed E-state index contributed by atoms with van der Waals surface area (Å²) in [5.41, 5.74) is 6.51. The lowest BCUT2D eigenvalue weighted by Gasteiger charge is -2.05. The fraction of sp³-hybridized carbons (Fsp3) is 0.0833. The Hall–Kier alpha value is -1.75. The molecule has 1 heterocycles. The van der Waals surface area contributed by atoms with Gasteiger partial charge in [0.25, 0.3) is 0 Å². The Kier molecular flexibility index (Phi) is 3.49. The van der Waals surface area contributed by atoms with Crippen LogP contribution in [0.4, 0.5) is 5.69 Å². The number of carbonyl (C=O) groups excluding carboxylic acids is 1. The Morgan fingerprint density at radius 3 is 2.88 bits per heavy atom. The van der Waals surface area contributed by atoms with Crippen molar-refractivity contribution in [1.82, 2.24) is 0 Å². The smallest absolute Gasteiger partial charge is 0.248 e. The van der Waals surface area contributed by atoms with Gasteiger partial charge in [-0.15, -0.1) is 0 Å². The number of hydrogen-bond acceptors (Lipinski definition) is 3. The number of anilines is 1. The standard InChI is InChI=1S/C12H11BrN2O2/c13-10-4-5-17-11(10)7-15-9-3-1-2-8(6-9)12(14)16/h1-6,15H,7H2,(H2,14,16). The molecule has 2 rings (SSSR count). The SMILES string of the molecule is NC(=O)c1cccc(NCc2occc2Br)c1. The first-order valence-electron chi connectivity index (χ1n) is 5.02. The van der Waals surface area contributed by atoms with Gasteiger partial charge < -0.3 is 15.5 Å². The lowest BCUT2D eigenvalue weighted by atomic mass is 10.2. The van der Waals surface area contributed by atoms with Gasteiger partial charge in [-0.3, -0.25) is 4.79 Å². The van der Waals surface area contributed by atoms with Crippen molar-refractivity contribution < 1.29 is 9.21 Å². The molecule has 0 aliphatic heterocycles. The molecule has 0 spiro atoms. The van der Waals surface area contributed by atoms with Crippen LogP contribution in [0.2, 0.25) is 0 Å². The third kappa shape index (κ3) is 2.88. The van der Waals surface area contributed by atoms with Gasteiger partial charge >= 0.3 is 0 Å². The predicted molar refractivity (Wildman–Crippen MR) is 68.7 cm³/mol. The van der Waals surface area contributed by atoms with E-state index in [1.54, 1.807) is 24.5 Å². The van der Waals surface area contributed by atoms with Crippen LogP contribution in [0.25, 0.3) is 0 Å². The number of amides is 1. The summed E-state index contributed by atoms with van der Waals surface area (Å²) in [6, 6.07) is 8.86. The number of benzene rings is 1. The molecule has 0 saturated heterocycles. The van der Waals surface area contributed by atoms with E-state index in [1.807, 2.05) is 12.1 Å². The van der Waals surface area contributed by atoms with E-state index in [0.717, 1.165) is 15.9 Å². The Morgan fingerprint density at radius 2 is 2.24 bits per heavy atom. The van der Waals surface area contributed by atoms with Crippen LogP contribution in [0.15, 0.2) is 45.5 Å². The molecular weight excluding hydrogens is 284 g/mol. The molecule has 17 heavy (non-hydrogen) atoms. The highest BCUT2D eigenvalue weighted by atomic mass is 79.9. The molecule has 4 nitrogen and oxygen atoms in total. The summed E-state index contributed by atoms with van der Waals surface area (Å²) in [6.07, 6.45) is 1.61. The third-order valence-electron chi connectivity index (χ3n) is 2.29. The van der Waals surface area contributed by atoms with Crippen molar-refractivity contribution in [3.8, 4) is 0 Å². The average molecular weight is 295 g/mol. The molecule has 3 N–H and O–H groups in total. The van der Waals surface area contributed by atoms with E-state index in [4.69, 9.17) is 10.2 Å². The van der Waals surface area contributed by atoms with E-state index >= 15 is 0 Å². The molecule has 5 heteroatoms. The minimum atomic E-state index is -0.437. The zero-order valence-corrected chi connectivity index (χ0v) is 10.5. The highest BCUT2D eigenvalue weighted by molar-refractivity contribution is 9.10. The fourth-order valence-electron chi connectivity index (χ4n) is 1.42. The van der Waals surface area contributed by atoms with Crippen molar-refractivity contribution in [2.75, 3.05) is 5.32 Å². The number of furan rings is 1. The van der Waals surface area contributed by atoms with Gasteiger partial charge in [-0.1, -0.05) is 6.07 Å². The Labute approximate surface area is 107 Å². The lowest BCUT2D eigenvalue weighted by Crippen LogP contribution is -2.11. The van der Waals surface area contributed by atoms with Gasteiger partial charge in [0.2, 0.25) is 5.91 Å². The van der Waals surface area contributed by atoms with Gasteiger partial charge in [0.1, 0.15) is 5.76 Å². The molecule has 0 bridgehead atoms. The van der Waals surface area contributed by atoms with Gasteiger partial charge in [0.05, 0.1) is 17.3 Å². The molecule has 0 aliphatic rings. The Balaban J connectivity index is 2.07. The second-order valence-corrected chi connectivity index (χ2v) is 4.34. The molecule has 1 aromatic heterocycles. The second kappa shape index (κ2) is 5.05. The average Bonchev–Trinajstić information content (AvgIpc) is 2.72. The minimum absolute atomic E-state index is 0.437. The first-order chi connectivity index (χ1) is 8.16. The second-order valence-electron chi connectivity index (χ2n) is 3.49. The molecule has 0 atom stereocenters. The number of nitrogens with one attached hydrogen (secondary N) is 1. The summed E-state index contributed by atoms with van der Waals surface area (Å²) >= 11 is 3.37. The van der Waals surface area contributed by atoms with Gasteiger partial charge in [-0.25, -0.2) is 0 Å². The molecule has 0 radical (unpaired) electrons. The van der Waals surface area contributed by atoms with E-state index in [0.29, 0.717) is 12.1 Å². The summed E-state index contributed by atoms with van der Waals surface area (Å²) < 4.78 is 6.18. The van der Waals surface area contributed by atoms with Crippen molar-refractivity contribution in [3.05, 3.63) is 52.4 Å². The Morgan fingerprint density at radius 1 is 1.41 bits per heavy atom. The normalized spacial score (nSPS) is 10.2. The predicted octanol–water partition coefficient (Wildman–Crippen LogP) is 2.75. The van der Waals surface area contributed by atoms with Crippen LogP contribution in [0.5, 0.6) is 0 Å². The molecule has 0 saturated carbocycles. The molecule has 0 unspecified atom stereocenters. The molecule has 88 valence electrons. The molecule has 0 aliphatic carbocycles. The molecule has 1 aromatic carbocycles. The molecule has 2 aromatic rings. The van der Waals surface area contributed by atoms with Crippen molar-refractivity contribution >= 4 is 27.5 Å². The maximum absolute atomic E-state index is 11.0. The van der Waals surface area contributed by atoms with Crippen LogP contribution >= 0.6 is 15.9 Å². The van der Waals surface area contributed by atoms with Gasteiger partial charge in [0, 0.05) is 11.3 Å². The van der Waals surface area contributed by atoms with Crippen molar-refractivity contribution in [2.45, 2.75) is 6.54 Å². The summed E-state index contributed by atoms with van der Waals surface area (Å²) in [5.74, 6) is 0.363. The maximum atomic E-state index is 11.0. The number of nitrogens with two attached hydrogens (primary N) is 1. The molecular formula is C12H11BrN2O2. The van der Waals surface area contributed by atoms with Gasteiger partial charge in [-0.05, 0) is 40.2 Å².